The maximum absolute atomic E-state index is 12.9. The highest BCUT2D eigenvalue weighted by Crippen LogP contribution is 2.34. The van der Waals surface area contributed by atoms with E-state index in [9.17, 15) is 4.79 Å². The van der Waals surface area contributed by atoms with Crippen LogP contribution in [0.1, 0.15) is 22.1 Å². The molecule has 0 bridgehead atoms. The number of aromatic nitrogens is 1. The van der Waals surface area contributed by atoms with Crippen LogP contribution >= 0.6 is 11.6 Å². The van der Waals surface area contributed by atoms with Gasteiger partial charge < -0.3 is 24.1 Å². The number of amides is 1. The Labute approximate surface area is 196 Å². The number of rotatable bonds is 6. The molecule has 1 amide bonds. The van der Waals surface area contributed by atoms with Crippen LogP contribution in [0.15, 0.2) is 53.1 Å². The van der Waals surface area contributed by atoms with Crippen molar-refractivity contribution in [2.45, 2.75) is 6.04 Å². The second kappa shape index (κ2) is 9.82. The van der Waals surface area contributed by atoms with Crippen LogP contribution in [0.25, 0.3) is 11.3 Å². The molecule has 9 heteroatoms. The molecule has 1 unspecified atom stereocenters. The summed E-state index contributed by atoms with van der Waals surface area (Å²) >= 11 is 6.06. The van der Waals surface area contributed by atoms with Crippen LogP contribution in [0.2, 0.25) is 5.02 Å². The van der Waals surface area contributed by atoms with Crippen molar-refractivity contribution in [1.29, 1.82) is 0 Å². The zero-order valence-electron chi connectivity index (χ0n) is 18.0. The lowest BCUT2D eigenvalue weighted by molar-refractivity contribution is 0.0162. The van der Waals surface area contributed by atoms with Gasteiger partial charge in [-0.25, -0.2) is 0 Å². The third-order valence-corrected chi connectivity index (χ3v) is 6.02. The predicted octanol–water partition coefficient (Wildman–Crippen LogP) is 3.57. The summed E-state index contributed by atoms with van der Waals surface area (Å²) in [5, 5.41) is 7.65. The maximum atomic E-state index is 12.9. The summed E-state index contributed by atoms with van der Waals surface area (Å²) in [6, 6.07) is 14.8. The van der Waals surface area contributed by atoms with Gasteiger partial charge in [0.2, 0.25) is 0 Å². The fourth-order valence-corrected chi connectivity index (χ4v) is 4.15. The van der Waals surface area contributed by atoms with Gasteiger partial charge in [0.1, 0.15) is 13.2 Å². The Morgan fingerprint density at radius 1 is 1.00 bits per heavy atom. The second-order valence-electron chi connectivity index (χ2n) is 7.86. The van der Waals surface area contributed by atoms with Crippen molar-refractivity contribution in [3.05, 3.63) is 64.8 Å². The molecule has 172 valence electrons. The highest BCUT2D eigenvalue weighted by Gasteiger charge is 2.24. The van der Waals surface area contributed by atoms with Gasteiger partial charge in [-0.2, -0.15) is 0 Å². The Morgan fingerprint density at radius 3 is 2.55 bits per heavy atom. The zero-order chi connectivity index (χ0) is 22.6. The second-order valence-corrected chi connectivity index (χ2v) is 8.30. The van der Waals surface area contributed by atoms with Crippen molar-refractivity contribution < 1.29 is 23.5 Å². The molecule has 1 saturated heterocycles. The summed E-state index contributed by atoms with van der Waals surface area (Å²) in [6.07, 6.45) is 0. The van der Waals surface area contributed by atoms with Gasteiger partial charge in [0, 0.05) is 36.3 Å². The first kappa shape index (κ1) is 21.8. The summed E-state index contributed by atoms with van der Waals surface area (Å²) in [5.74, 6) is 1.53. The molecule has 1 aromatic heterocycles. The van der Waals surface area contributed by atoms with E-state index < -0.39 is 0 Å². The third kappa shape index (κ3) is 4.98. The molecule has 2 aliphatic rings. The van der Waals surface area contributed by atoms with E-state index in [0.717, 1.165) is 24.2 Å². The largest absolute Gasteiger partial charge is 0.486 e. The molecule has 0 saturated carbocycles. The number of halogens is 1. The first-order valence-electron chi connectivity index (χ1n) is 10.9. The number of morpholine rings is 1. The van der Waals surface area contributed by atoms with Gasteiger partial charge in [0.15, 0.2) is 23.0 Å². The Balaban J connectivity index is 1.28. The van der Waals surface area contributed by atoms with Gasteiger partial charge in [-0.1, -0.05) is 28.9 Å². The standard InChI is InChI=1S/C24H24ClN3O5/c25-18-4-1-16(2-5-18)20(28-7-9-30-10-8-28)15-26-24(29)19-14-22(33-27-19)17-3-6-21-23(13-17)32-12-11-31-21/h1-6,13-14,20H,7-12,15H2,(H,26,29). The molecule has 0 aliphatic carbocycles. The van der Waals surface area contributed by atoms with Crippen LogP contribution in [0.3, 0.4) is 0 Å². The van der Waals surface area contributed by atoms with E-state index >= 15 is 0 Å². The molecule has 0 spiro atoms. The number of hydrogen-bond acceptors (Lipinski definition) is 7. The minimum absolute atomic E-state index is 0.000664. The van der Waals surface area contributed by atoms with E-state index in [0.29, 0.717) is 55.3 Å². The van der Waals surface area contributed by atoms with E-state index in [4.69, 9.17) is 30.3 Å². The maximum Gasteiger partial charge on any atom is 0.273 e. The quantitative estimate of drug-likeness (QED) is 0.590. The van der Waals surface area contributed by atoms with Gasteiger partial charge in [-0.05, 0) is 35.9 Å². The van der Waals surface area contributed by atoms with Crippen molar-refractivity contribution in [2.24, 2.45) is 0 Å². The molecule has 8 nitrogen and oxygen atoms in total. The van der Waals surface area contributed by atoms with E-state index in [1.165, 1.54) is 0 Å². The average molecular weight is 470 g/mol. The summed E-state index contributed by atoms with van der Waals surface area (Å²) in [6.45, 7) is 4.37. The SMILES string of the molecule is O=C(NCC(c1ccc(Cl)cc1)N1CCOCC1)c1cc(-c2ccc3c(c2)OCCO3)on1. The van der Waals surface area contributed by atoms with Gasteiger partial charge in [-0.15, -0.1) is 0 Å². The Bertz CT molecular complexity index is 1110. The van der Waals surface area contributed by atoms with Crippen LogP contribution in [-0.4, -0.2) is 62.0 Å². The normalized spacial score (nSPS) is 16.9. The fourth-order valence-electron chi connectivity index (χ4n) is 4.03. The Kier molecular flexibility index (Phi) is 6.48. The first-order valence-corrected chi connectivity index (χ1v) is 11.3. The number of ether oxygens (including phenoxy) is 3. The minimum atomic E-state index is -0.297. The van der Waals surface area contributed by atoms with Crippen LogP contribution < -0.4 is 14.8 Å². The van der Waals surface area contributed by atoms with Crippen molar-refractivity contribution in [3.63, 3.8) is 0 Å². The van der Waals surface area contributed by atoms with Crippen LogP contribution in [0, 0.1) is 0 Å². The number of benzene rings is 2. The van der Waals surface area contributed by atoms with E-state index in [1.807, 2.05) is 42.5 Å². The monoisotopic (exact) mass is 469 g/mol. The smallest absolute Gasteiger partial charge is 0.273 e. The molecule has 5 rings (SSSR count). The molecule has 1 atom stereocenters. The molecule has 1 N–H and O–H groups in total. The van der Waals surface area contributed by atoms with Gasteiger partial charge in [0.05, 0.1) is 19.3 Å². The predicted molar refractivity (Wildman–Crippen MR) is 122 cm³/mol. The average Bonchev–Trinajstić information content (AvgIpc) is 3.36. The number of carbonyl (C=O) groups is 1. The molecular formula is C24H24ClN3O5. The lowest BCUT2D eigenvalue weighted by Gasteiger charge is -2.34. The van der Waals surface area contributed by atoms with Crippen LogP contribution in [-0.2, 0) is 4.74 Å². The molecule has 2 aromatic carbocycles. The molecule has 33 heavy (non-hydrogen) atoms. The fraction of sp³-hybridized carbons (Fsp3) is 0.333. The minimum Gasteiger partial charge on any atom is -0.486 e. The topological polar surface area (TPSA) is 86.1 Å². The molecule has 1 fully saturated rings. The van der Waals surface area contributed by atoms with Crippen molar-refractivity contribution >= 4 is 17.5 Å². The van der Waals surface area contributed by atoms with Crippen molar-refractivity contribution in [1.82, 2.24) is 15.4 Å². The van der Waals surface area contributed by atoms with E-state index in [-0.39, 0.29) is 17.6 Å². The highest BCUT2D eigenvalue weighted by atomic mass is 35.5. The highest BCUT2D eigenvalue weighted by molar-refractivity contribution is 6.30. The Hall–Kier alpha value is -3.07. The van der Waals surface area contributed by atoms with E-state index in [1.54, 1.807) is 6.07 Å². The third-order valence-electron chi connectivity index (χ3n) is 5.77. The van der Waals surface area contributed by atoms with Gasteiger partial charge in [0.25, 0.3) is 5.91 Å². The number of nitrogens with zero attached hydrogens (tertiary/aromatic N) is 2. The summed E-state index contributed by atoms with van der Waals surface area (Å²) in [5.41, 5.74) is 2.06. The zero-order valence-corrected chi connectivity index (χ0v) is 18.7. The molecule has 2 aliphatic heterocycles. The van der Waals surface area contributed by atoms with Crippen molar-refractivity contribution in [2.75, 3.05) is 46.1 Å². The molecule has 3 aromatic rings. The molecule has 0 radical (unpaired) electrons. The summed E-state index contributed by atoms with van der Waals surface area (Å²) < 4.78 is 22.1. The first-order chi connectivity index (χ1) is 16.2. The van der Waals surface area contributed by atoms with Crippen LogP contribution in [0.5, 0.6) is 11.5 Å². The van der Waals surface area contributed by atoms with Crippen LogP contribution in [0.4, 0.5) is 0 Å². The van der Waals surface area contributed by atoms with Crippen molar-refractivity contribution in [3.8, 4) is 22.8 Å². The molecular weight excluding hydrogens is 446 g/mol. The molecule has 3 heterocycles. The van der Waals surface area contributed by atoms with Gasteiger partial charge in [-0.3, -0.25) is 9.69 Å². The number of fused-ring (bicyclic) bond motifs is 1. The van der Waals surface area contributed by atoms with Gasteiger partial charge >= 0.3 is 0 Å². The van der Waals surface area contributed by atoms with E-state index in [2.05, 4.69) is 15.4 Å². The lowest BCUT2D eigenvalue weighted by Crippen LogP contribution is -2.43. The lowest BCUT2D eigenvalue weighted by atomic mass is 10.0. The number of hydrogen-bond donors (Lipinski definition) is 1. The Morgan fingerprint density at radius 2 is 1.76 bits per heavy atom. The summed E-state index contributed by atoms with van der Waals surface area (Å²) in [4.78, 5) is 15.2. The number of carbonyl (C=O) groups excluding carboxylic acids is 1. The summed E-state index contributed by atoms with van der Waals surface area (Å²) in [7, 11) is 0. The number of nitrogens with one attached hydrogen (secondary N) is 1.